The van der Waals surface area contributed by atoms with Crippen LogP contribution in [0.3, 0.4) is 0 Å². The topological polar surface area (TPSA) is 17.0 Å². The van der Waals surface area contributed by atoms with E-state index in [2.05, 4.69) is 87.8 Å². The number of pyridine rings is 1. The van der Waals surface area contributed by atoms with E-state index in [1.54, 1.807) is 0 Å². The molecule has 3 aromatic carbocycles. The standard InChI is InChI=1S/C35H36NO/c1-20(2)16-27-28-19-25(23-10-6-7-11-23)18-24-14-15-36(5)34(32(24)28)33(27)31-22(4)21(3)17-29-26-12-8-9-13-30(26)37-35(29)31/h8-9,12-15,17-20,23H,6-7,10-11,16H2,1-5H3/q+1/i15D. The summed E-state index contributed by atoms with van der Waals surface area (Å²) in [5.41, 5.74) is 12.3. The Balaban J connectivity index is 1.64. The third-order valence-electron chi connectivity index (χ3n) is 8.92. The number of allylic oxidation sites excluding steroid dienone is 1. The Kier molecular flexibility index (Phi) is 4.87. The highest BCUT2D eigenvalue weighted by Gasteiger charge is 2.36. The number of aromatic nitrogens is 1. The molecule has 2 heteroatoms. The van der Waals surface area contributed by atoms with E-state index in [0.717, 1.165) is 17.6 Å². The van der Waals surface area contributed by atoms with Gasteiger partial charge in [0, 0.05) is 22.4 Å². The zero-order chi connectivity index (χ0) is 26.3. The van der Waals surface area contributed by atoms with E-state index in [1.807, 2.05) is 0 Å². The molecule has 2 aliphatic carbocycles. The molecule has 0 aliphatic heterocycles. The van der Waals surface area contributed by atoms with Crippen LogP contribution in [0.15, 0.2) is 59.1 Å². The lowest BCUT2D eigenvalue weighted by Gasteiger charge is -2.16. The Morgan fingerprint density at radius 2 is 1.81 bits per heavy atom. The van der Waals surface area contributed by atoms with E-state index in [0.29, 0.717) is 18.0 Å². The van der Waals surface area contributed by atoms with Crippen molar-refractivity contribution in [2.45, 2.75) is 65.7 Å². The third kappa shape index (κ3) is 3.34. The first-order chi connectivity index (χ1) is 18.3. The average molecular weight is 488 g/mol. The number of rotatable bonds is 4. The van der Waals surface area contributed by atoms with Crippen LogP contribution in [0.2, 0.25) is 0 Å². The van der Waals surface area contributed by atoms with Gasteiger partial charge in [-0.2, -0.15) is 0 Å². The quantitative estimate of drug-likeness (QED) is 0.231. The Labute approximate surface area is 221 Å². The maximum atomic E-state index is 8.97. The number of para-hydroxylation sites is 1. The molecule has 0 saturated heterocycles. The second-order valence-corrected chi connectivity index (χ2v) is 11.8. The molecule has 1 saturated carbocycles. The fraction of sp³-hybridized carbons (Fsp3) is 0.343. The minimum atomic E-state index is 0.511. The summed E-state index contributed by atoms with van der Waals surface area (Å²) in [5, 5.41) is 4.87. The summed E-state index contributed by atoms with van der Waals surface area (Å²) in [7, 11) is 2.06. The van der Waals surface area contributed by atoms with Crippen molar-refractivity contribution >= 4 is 43.9 Å². The molecule has 0 amide bonds. The summed E-state index contributed by atoms with van der Waals surface area (Å²) < 4.78 is 17.7. The lowest BCUT2D eigenvalue weighted by molar-refractivity contribution is -0.672. The number of furan rings is 1. The van der Waals surface area contributed by atoms with Crippen molar-refractivity contribution in [1.82, 2.24) is 0 Å². The Hall–Kier alpha value is -3.39. The van der Waals surface area contributed by atoms with Crippen LogP contribution >= 0.6 is 0 Å². The highest BCUT2D eigenvalue weighted by Crippen LogP contribution is 2.51. The van der Waals surface area contributed by atoms with Gasteiger partial charge in [-0.15, -0.1) is 0 Å². The van der Waals surface area contributed by atoms with Crippen molar-refractivity contribution in [1.29, 1.82) is 0 Å². The Morgan fingerprint density at radius 1 is 1.03 bits per heavy atom. The van der Waals surface area contributed by atoms with Crippen LogP contribution in [0.4, 0.5) is 0 Å². The lowest BCUT2D eigenvalue weighted by atomic mass is 9.87. The van der Waals surface area contributed by atoms with Crippen molar-refractivity contribution in [3.8, 4) is 0 Å². The molecule has 2 nitrogen and oxygen atoms in total. The molecule has 37 heavy (non-hydrogen) atoms. The average Bonchev–Trinajstić information content (AvgIpc) is 3.61. The summed E-state index contributed by atoms with van der Waals surface area (Å²) in [6.45, 7) is 9.11. The number of nitrogens with zero attached hydrogens (tertiary/aromatic N) is 1. The van der Waals surface area contributed by atoms with E-state index >= 15 is 0 Å². The van der Waals surface area contributed by atoms with E-state index in [-0.39, 0.29) is 0 Å². The monoisotopic (exact) mass is 487 g/mol. The van der Waals surface area contributed by atoms with E-state index in [1.165, 1.54) is 91.9 Å². The van der Waals surface area contributed by atoms with Crippen molar-refractivity contribution < 1.29 is 10.4 Å². The predicted molar refractivity (Wildman–Crippen MR) is 155 cm³/mol. The number of fused-ring (bicyclic) bond motifs is 3. The zero-order valence-corrected chi connectivity index (χ0v) is 22.7. The Morgan fingerprint density at radius 3 is 2.59 bits per heavy atom. The molecule has 2 aliphatic rings. The van der Waals surface area contributed by atoms with Crippen molar-refractivity contribution in [2.24, 2.45) is 13.0 Å². The molecular formula is C35H36NO+. The fourth-order valence-electron chi connectivity index (χ4n) is 7.04. The molecule has 2 aromatic heterocycles. The van der Waals surface area contributed by atoms with Gasteiger partial charge >= 0.3 is 0 Å². The third-order valence-corrected chi connectivity index (χ3v) is 8.92. The van der Waals surface area contributed by atoms with Crippen LogP contribution in [-0.4, -0.2) is 0 Å². The maximum Gasteiger partial charge on any atom is 0.221 e. The van der Waals surface area contributed by atoms with Gasteiger partial charge in [-0.25, -0.2) is 4.57 Å². The molecule has 0 bridgehead atoms. The lowest BCUT2D eigenvalue weighted by Crippen LogP contribution is -2.32. The smallest absolute Gasteiger partial charge is 0.221 e. The van der Waals surface area contributed by atoms with Crippen LogP contribution in [0.1, 0.15) is 86.8 Å². The molecule has 186 valence electrons. The number of hydrogen-bond acceptors (Lipinski definition) is 1. The second-order valence-electron chi connectivity index (χ2n) is 11.8. The highest BCUT2D eigenvalue weighted by atomic mass is 16.3. The normalized spacial score (nSPS) is 16.3. The summed E-state index contributed by atoms with van der Waals surface area (Å²) in [6, 6.07) is 17.7. The van der Waals surface area contributed by atoms with Crippen LogP contribution in [-0.2, 0) is 7.05 Å². The van der Waals surface area contributed by atoms with E-state index in [4.69, 9.17) is 5.79 Å². The van der Waals surface area contributed by atoms with Crippen LogP contribution in [0.5, 0.6) is 0 Å². The summed E-state index contributed by atoms with van der Waals surface area (Å²) in [6.07, 6.45) is 6.75. The van der Waals surface area contributed by atoms with Gasteiger partial charge < -0.3 is 4.42 Å². The summed E-state index contributed by atoms with van der Waals surface area (Å²) >= 11 is 0. The maximum absolute atomic E-state index is 8.97. The summed E-state index contributed by atoms with van der Waals surface area (Å²) in [4.78, 5) is 0. The largest absolute Gasteiger partial charge is 0.455 e. The van der Waals surface area contributed by atoms with Crippen LogP contribution in [0.25, 0.3) is 43.9 Å². The van der Waals surface area contributed by atoms with Crippen LogP contribution < -0.4 is 4.57 Å². The second kappa shape index (κ2) is 8.31. The predicted octanol–water partition coefficient (Wildman–Crippen LogP) is 9.16. The number of aryl methyl sites for hydroxylation is 1. The van der Waals surface area contributed by atoms with Gasteiger partial charge in [-0.3, -0.25) is 0 Å². The molecule has 5 aromatic rings. The van der Waals surface area contributed by atoms with Crippen LogP contribution in [0, 0.1) is 19.8 Å². The molecule has 0 spiro atoms. The van der Waals surface area contributed by atoms with Gasteiger partial charge in [-0.1, -0.05) is 57.0 Å². The molecular weight excluding hydrogens is 450 g/mol. The summed E-state index contributed by atoms with van der Waals surface area (Å²) in [5.74, 6) is 1.14. The molecule has 1 fully saturated rings. The van der Waals surface area contributed by atoms with E-state index in [9.17, 15) is 0 Å². The Bertz CT molecular complexity index is 1810. The first-order valence-electron chi connectivity index (χ1n) is 14.5. The molecule has 0 N–H and O–H groups in total. The van der Waals surface area contributed by atoms with Crippen molar-refractivity contribution in [3.05, 3.63) is 88.2 Å². The first-order valence-corrected chi connectivity index (χ1v) is 14.0. The molecule has 0 atom stereocenters. The SMILES string of the molecule is [2H]c1cc2cc(C3CCCC3)cc3c2c([n+]1C)C(c1c(C)c(C)cc2c1oc1ccccc12)=C3CC(C)C. The molecule has 2 heterocycles. The van der Waals surface area contributed by atoms with Gasteiger partial charge in [-0.05, 0) is 90.3 Å². The van der Waals surface area contributed by atoms with Gasteiger partial charge in [0.15, 0.2) is 6.17 Å². The molecule has 0 unspecified atom stereocenters. The minimum Gasteiger partial charge on any atom is -0.455 e. The first kappa shape index (κ1) is 21.7. The highest BCUT2D eigenvalue weighted by molar-refractivity contribution is 6.20. The van der Waals surface area contributed by atoms with Gasteiger partial charge in [0.2, 0.25) is 5.69 Å². The number of benzene rings is 3. The molecule has 0 radical (unpaired) electrons. The molecule has 7 rings (SSSR count). The zero-order valence-electron chi connectivity index (χ0n) is 23.7. The number of hydrogen-bond donors (Lipinski definition) is 0. The fourth-order valence-corrected chi connectivity index (χ4v) is 7.04. The van der Waals surface area contributed by atoms with Gasteiger partial charge in [0.05, 0.1) is 11.0 Å². The van der Waals surface area contributed by atoms with Gasteiger partial charge in [0.1, 0.15) is 19.6 Å². The minimum absolute atomic E-state index is 0.511. The van der Waals surface area contributed by atoms with E-state index < -0.39 is 0 Å². The van der Waals surface area contributed by atoms with Crippen molar-refractivity contribution in [2.75, 3.05) is 0 Å². The van der Waals surface area contributed by atoms with Crippen molar-refractivity contribution in [3.63, 3.8) is 0 Å². The van der Waals surface area contributed by atoms with Gasteiger partial charge in [0.25, 0.3) is 0 Å².